The number of carbonyl (C=O) groups excluding carboxylic acids is 1. The lowest BCUT2D eigenvalue weighted by molar-refractivity contribution is -0.380. The third-order valence-corrected chi connectivity index (χ3v) is 3.81. The van der Waals surface area contributed by atoms with E-state index in [1.165, 1.54) is 17.5 Å². The smallest absolute Gasteiger partial charge is 0.321 e. The highest BCUT2D eigenvalue weighted by Crippen LogP contribution is 2.31. The summed E-state index contributed by atoms with van der Waals surface area (Å²) in [5.74, 6) is -0.921. The topological polar surface area (TPSA) is 96.0 Å². The van der Waals surface area contributed by atoms with Crippen LogP contribution in [0.3, 0.4) is 0 Å². The summed E-state index contributed by atoms with van der Waals surface area (Å²) in [6.07, 6.45) is -3.45. The normalized spacial score (nSPS) is 11.7. The Balaban J connectivity index is 2.21. The van der Waals surface area contributed by atoms with Gasteiger partial charge in [-0.3, -0.25) is 14.9 Å². The van der Waals surface area contributed by atoms with Crippen molar-refractivity contribution in [2.45, 2.75) is 6.18 Å². The molecule has 1 N–H and O–H groups in total. The van der Waals surface area contributed by atoms with Gasteiger partial charge in [-0.05, 0) is 29.8 Å². The van der Waals surface area contributed by atoms with Crippen LogP contribution in [0.1, 0.15) is 11.1 Å². The van der Waals surface area contributed by atoms with Crippen molar-refractivity contribution < 1.29 is 22.9 Å². The number of hydrogen-bond donors (Lipinski definition) is 1. The van der Waals surface area contributed by atoms with Crippen molar-refractivity contribution in [1.82, 2.24) is 0 Å². The number of hydrogen-bond acceptors (Lipinski definition) is 5. The molecule has 2 aromatic rings. The van der Waals surface area contributed by atoms with Crippen LogP contribution in [0, 0.1) is 21.4 Å². The minimum Gasteiger partial charge on any atom is -0.321 e. The molecule has 1 aromatic carbocycles. The van der Waals surface area contributed by atoms with Crippen LogP contribution in [0.4, 0.5) is 23.9 Å². The zero-order valence-electron chi connectivity index (χ0n) is 12.2. The average molecular weight is 367 g/mol. The number of nitrogens with one attached hydrogen (secondary N) is 1. The third-order valence-electron chi connectivity index (χ3n) is 2.91. The Hall–Kier alpha value is -3.19. The lowest BCUT2D eigenvalue weighted by Gasteiger charge is -2.09. The van der Waals surface area contributed by atoms with Crippen molar-refractivity contribution >= 4 is 34.0 Å². The zero-order chi connectivity index (χ0) is 18.6. The van der Waals surface area contributed by atoms with Gasteiger partial charge in [0.2, 0.25) is 0 Å². The Morgan fingerprint density at radius 3 is 2.64 bits per heavy atom. The van der Waals surface area contributed by atoms with E-state index in [-0.39, 0.29) is 16.3 Å². The molecule has 0 bridgehead atoms. The molecule has 0 aliphatic rings. The van der Waals surface area contributed by atoms with Gasteiger partial charge in [-0.1, -0.05) is 17.4 Å². The molecule has 25 heavy (non-hydrogen) atoms. The maximum atomic E-state index is 12.7. The van der Waals surface area contributed by atoms with Gasteiger partial charge in [0.05, 0.1) is 10.5 Å². The Bertz CT molecular complexity index is 897. The van der Waals surface area contributed by atoms with Gasteiger partial charge in [0.15, 0.2) is 0 Å². The molecule has 0 saturated carbocycles. The number of nitro groups is 1. The molecule has 128 valence electrons. The van der Waals surface area contributed by atoms with E-state index in [9.17, 15) is 28.1 Å². The first kappa shape index (κ1) is 18.2. The summed E-state index contributed by atoms with van der Waals surface area (Å²) in [7, 11) is 0. The Morgan fingerprint density at radius 2 is 2.08 bits per heavy atom. The van der Waals surface area contributed by atoms with Crippen LogP contribution in [0.25, 0.3) is 6.08 Å². The van der Waals surface area contributed by atoms with Crippen LogP contribution in [0.5, 0.6) is 0 Å². The molecular weight excluding hydrogens is 359 g/mol. The second kappa shape index (κ2) is 7.14. The number of rotatable bonds is 4. The molecule has 0 spiro atoms. The quantitative estimate of drug-likeness (QED) is 0.379. The van der Waals surface area contributed by atoms with Crippen molar-refractivity contribution in [3.05, 3.63) is 62.5 Å². The zero-order valence-corrected chi connectivity index (χ0v) is 13.0. The van der Waals surface area contributed by atoms with Gasteiger partial charge < -0.3 is 5.32 Å². The molecule has 2 rings (SSSR count). The van der Waals surface area contributed by atoms with Crippen molar-refractivity contribution in [3.8, 4) is 6.07 Å². The number of thiophene rings is 1. The first-order valence-corrected chi connectivity index (χ1v) is 7.42. The van der Waals surface area contributed by atoms with Gasteiger partial charge >= 0.3 is 11.2 Å². The maximum absolute atomic E-state index is 12.7. The first-order valence-electron chi connectivity index (χ1n) is 6.54. The first-order chi connectivity index (χ1) is 11.7. The number of halogens is 3. The molecule has 1 aromatic heterocycles. The fourth-order valence-electron chi connectivity index (χ4n) is 1.80. The molecule has 0 atom stereocenters. The fourth-order valence-corrected chi connectivity index (χ4v) is 2.48. The average Bonchev–Trinajstić information content (AvgIpc) is 3.01. The van der Waals surface area contributed by atoms with E-state index in [0.717, 1.165) is 35.6 Å². The van der Waals surface area contributed by atoms with Gasteiger partial charge in [-0.2, -0.15) is 18.4 Å². The summed E-state index contributed by atoms with van der Waals surface area (Å²) in [6, 6.07) is 6.75. The third kappa shape index (κ3) is 4.65. The molecule has 1 amide bonds. The molecule has 0 saturated heterocycles. The van der Waals surface area contributed by atoms with Gasteiger partial charge in [0.25, 0.3) is 5.91 Å². The van der Waals surface area contributed by atoms with E-state index in [1.54, 1.807) is 6.07 Å². The van der Waals surface area contributed by atoms with Crippen molar-refractivity contribution in [3.63, 3.8) is 0 Å². The van der Waals surface area contributed by atoms with Crippen molar-refractivity contribution in [2.24, 2.45) is 0 Å². The molecule has 10 heteroatoms. The Morgan fingerprint density at radius 1 is 1.36 bits per heavy atom. The van der Waals surface area contributed by atoms with Crippen LogP contribution in [0.2, 0.25) is 0 Å². The second-order valence-corrected chi connectivity index (χ2v) is 5.57. The number of nitrogens with zero attached hydrogens (tertiary/aromatic N) is 2. The fraction of sp³-hybridized carbons (Fsp3) is 0.0667. The number of benzene rings is 1. The largest absolute Gasteiger partial charge is 0.416 e. The van der Waals surface area contributed by atoms with Crippen LogP contribution < -0.4 is 5.32 Å². The highest BCUT2D eigenvalue weighted by atomic mass is 32.1. The number of nitriles is 1. The molecule has 0 fully saturated rings. The summed E-state index contributed by atoms with van der Waals surface area (Å²) in [4.78, 5) is 22.0. The van der Waals surface area contributed by atoms with Gasteiger partial charge in [0, 0.05) is 17.1 Å². The van der Waals surface area contributed by atoms with E-state index in [0.29, 0.717) is 0 Å². The van der Waals surface area contributed by atoms with E-state index in [1.807, 2.05) is 0 Å². The van der Waals surface area contributed by atoms with Crippen LogP contribution in [-0.4, -0.2) is 10.8 Å². The van der Waals surface area contributed by atoms with Gasteiger partial charge in [-0.25, -0.2) is 0 Å². The maximum Gasteiger partial charge on any atom is 0.416 e. The SMILES string of the molecule is N#CC(=Cc1csc([N+](=O)[O-])c1)C(=O)Nc1cccc(C(F)(F)F)c1. The minimum absolute atomic E-state index is 0.128. The summed E-state index contributed by atoms with van der Waals surface area (Å²) in [5.41, 5.74) is -1.20. The summed E-state index contributed by atoms with van der Waals surface area (Å²) in [6.45, 7) is 0. The lowest BCUT2D eigenvalue weighted by Crippen LogP contribution is -2.14. The predicted octanol–water partition coefficient (Wildman–Crippen LogP) is 4.22. The van der Waals surface area contributed by atoms with Crippen LogP contribution >= 0.6 is 11.3 Å². The molecular formula is C15H8F3N3O3S. The summed E-state index contributed by atoms with van der Waals surface area (Å²) in [5, 5.41) is 23.1. The summed E-state index contributed by atoms with van der Waals surface area (Å²) >= 11 is 0.821. The highest BCUT2D eigenvalue weighted by molar-refractivity contribution is 7.13. The molecule has 0 unspecified atom stereocenters. The van der Waals surface area contributed by atoms with E-state index in [4.69, 9.17) is 5.26 Å². The molecule has 6 nitrogen and oxygen atoms in total. The Kier molecular flexibility index (Phi) is 5.19. The lowest BCUT2D eigenvalue weighted by atomic mass is 10.1. The monoisotopic (exact) mass is 367 g/mol. The van der Waals surface area contributed by atoms with E-state index in [2.05, 4.69) is 5.32 Å². The molecule has 1 heterocycles. The standard InChI is InChI=1S/C15H8F3N3O3S/c16-15(17,18)11-2-1-3-12(6-11)20-14(22)10(7-19)4-9-5-13(21(23)24)25-8-9/h1-6,8H,(H,20,22). The predicted molar refractivity (Wildman–Crippen MR) is 84.6 cm³/mol. The van der Waals surface area contributed by atoms with Crippen LogP contribution in [0.15, 0.2) is 41.3 Å². The minimum atomic E-state index is -4.57. The number of carbonyl (C=O) groups is 1. The van der Waals surface area contributed by atoms with E-state index >= 15 is 0 Å². The van der Waals surface area contributed by atoms with E-state index < -0.39 is 28.1 Å². The van der Waals surface area contributed by atoms with Gasteiger partial charge in [0.1, 0.15) is 11.6 Å². The second-order valence-electron chi connectivity index (χ2n) is 4.68. The number of amides is 1. The van der Waals surface area contributed by atoms with Crippen LogP contribution in [-0.2, 0) is 11.0 Å². The molecule has 0 aliphatic heterocycles. The highest BCUT2D eigenvalue weighted by Gasteiger charge is 2.30. The number of anilines is 1. The van der Waals surface area contributed by atoms with Crippen molar-refractivity contribution in [1.29, 1.82) is 5.26 Å². The Labute approximate surface area is 143 Å². The molecule has 0 radical (unpaired) electrons. The number of alkyl halides is 3. The summed E-state index contributed by atoms with van der Waals surface area (Å²) < 4.78 is 38.0. The van der Waals surface area contributed by atoms with Crippen molar-refractivity contribution in [2.75, 3.05) is 5.32 Å². The van der Waals surface area contributed by atoms with Gasteiger partial charge in [-0.15, -0.1) is 0 Å². The molecule has 0 aliphatic carbocycles.